The Bertz CT molecular complexity index is 1470. The van der Waals surface area contributed by atoms with E-state index < -0.39 is 5.91 Å². The molecule has 2 N–H and O–H groups in total. The topological polar surface area (TPSA) is 78.5 Å². The smallest absolute Gasteiger partial charge is 0.283 e. The molecule has 0 saturated heterocycles. The van der Waals surface area contributed by atoms with E-state index in [1.807, 2.05) is 78.9 Å². The number of para-hydroxylation sites is 2. The Morgan fingerprint density at radius 3 is 1.95 bits per heavy atom. The summed E-state index contributed by atoms with van der Waals surface area (Å²) in [5.74, 6) is -0.862. The van der Waals surface area contributed by atoms with E-state index in [1.54, 1.807) is 36.4 Å². The summed E-state index contributed by atoms with van der Waals surface area (Å²) in [6.45, 7) is 0. The number of amides is 3. The number of carbonyl (C=O) groups excluding carboxylic acids is 3. The van der Waals surface area contributed by atoms with Crippen molar-refractivity contribution in [3.8, 4) is 0 Å². The Morgan fingerprint density at radius 1 is 0.684 bits per heavy atom. The monoisotopic (exact) mass is 519 g/mol. The van der Waals surface area contributed by atoms with E-state index in [9.17, 15) is 14.4 Å². The zero-order chi connectivity index (χ0) is 26.3. The van der Waals surface area contributed by atoms with Crippen molar-refractivity contribution in [3.63, 3.8) is 0 Å². The molecule has 0 aromatic heterocycles. The number of hydrogen-bond acceptors (Lipinski definition) is 5. The van der Waals surface area contributed by atoms with Crippen LogP contribution in [0, 0.1) is 0 Å². The average Bonchev–Trinajstić information content (AvgIpc) is 3.18. The van der Waals surface area contributed by atoms with Crippen LogP contribution in [0.2, 0.25) is 0 Å². The lowest BCUT2D eigenvalue weighted by Gasteiger charge is -2.15. The van der Waals surface area contributed by atoms with Crippen molar-refractivity contribution >= 4 is 46.5 Å². The third kappa shape index (κ3) is 5.85. The van der Waals surface area contributed by atoms with Gasteiger partial charge < -0.3 is 10.6 Å². The number of nitrogens with zero attached hydrogens (tertiary/aromatic N) is 1. The molecule has 0 unspecified atom stereocenters. The molecule has 7 heteroatoms. The maximum atomic E-state index is 13.5. The minimum Gasteiger partial charge on any atom is -0.350 e. The molecular formula is C31H25N3O3S. The third-order valence-electron chi connectivity index (χ3n) is 5.94. The Kier molecular flexibility index (Phi) is 7.66. The van der Waals surface area contributed by atoms with Gasteiger partial charge in [-0.25, -0.2) is 4.90 Å². The zero-order valence-electron chi connectivity index (χ0n) is 20.5. The molecule has 0 saturated carbocycles. The van der Waals surface area contributed by atoms with E-state index in [-0.39, 0.29) is 17.5 Å². The highest BCUT2D eigenvalue weighted by Crippen LogP contribution is 2.38. The van der Waals surface area contributed by atoms with E-state index in [2.05, 4.69) is 10.6 Å². The molecule has 0 atom stereocenters. The van der Waals surface area contributed by atoms with Gasteiger partial charge in [0.25, 0.3) is 11.8 Å². The summed E-state index contributed by atoms with van der Waals surface area (Å²) in [4.78, 5) is 41.5. The number of benzene rings is 4. The fourth-order valence-corrected chi connectivity index (χ4v) is 4.97. The molecule has 4 aromatic rings. The molecule has 188 valence electrons. The van der Waals surface area contributed by atoms with E-state index in [4.69, 9.17) is 0 Å². The highest BCUT2D eigenvalue weighted by molar-refractivity contribution is 8.04. The van der Waals surface area contributed by atoms with Gasteiger partial charge in [-0.05, 0) is 60.5 Å². The molecule has 3 amide bonds. The standard InChI is InChI=1S/C31H25N3O3S/c35-27(21-16-22-10-4-1-5-11-22)32-24-17-19-26(20-18-24)38-29-28(33-23-12-6-2-7-13-23)30(36)34(31(29)37)25-14-8-3-9-15-25/h1-15,17-20,33H,16,21H2,(H,32,35). The number of thioether (sulfide) groups is 1. The summed E-state index contributed by atoms with van der Waals surface area (Å²) in [5, 5.41) is 6.06. The molecule has 0 aliphatic carbocycles. The SMILES string of the molecule is O=C(CCc1ccccc1)Nc1ccc(SC2=C(Nc3ccccc3)C(=O)N(c3ccccc3)C2=O)cc1. The van der Waals surface area contributed by atoms with Crippen LogP contribution >= 0.6 is 11.8 Å². The molecule has 0 fully saturated rings. The largest absolute Gasteiger partial charge is 0.350 e. The Labute approximate surface area is 225 Å². The van der Waals surface area contributed by atoms with Crippen molar-refractivity contribution in [1.82, 2.24) is 0 Å². The first-order chi connectivity index (χ1) is 18.6. The lowest BCUT2D eigenvalue weighted by molar-refractivity contribution is -0.120. The molecule has 5 rings (SSSR count). The van der Waals surface area contributed by atoms with Gasteiger partial charge >= 0.3 is 0 Å². The van der Waals surface area contributed by atoms with Gasteiger partial charge in [0.2, 0.25) is 5.91 Å². The number of aryl methyl sites for hydroxylation is 1. The Hall–Kier alpha value is -4.62. The van der Waals surface area contributed by atoms with E-state index >= 15 is 0 Å². The quantitative estimate of drug-likeness (QED) is 0.256. The van der Waals surface area contributed by atoms with Crippen molar-refractivity contribution < 1.29 is 14.4 Å². The molecule has 0 radical (unpaired) electrons. The van der Waals surface area contributed by atoms with E-state index in [0.717, 1.165) is 10.5 Å². The lowest BCUT2D eigenvalue weighted by atomic mass is 10.1. The van der Waals surface area contributed by atoms with Gasteiger partial charge in [0.05, 0.1) is 5.69 Å². The fraction of sp³-hybridized carbons (Fsp3) is 0.0645. The minimum atomic E-state index is -0.408. The molecule has 1 aliphatic rings. The van der Waals surface area contributed by atoms with Gasteiger partial charge in [0.15, 0.2) is 0 Å². The number of rotatable bonds is 9. The van der Waals surface area contributed by atoms with Crippen molar-refractivity contribution in [2.45, 2.75) is 17.7 Å². The zero-order valence-corrected chi connectivity index (χ0v) is 21.3. The number of hydrogen-bond donors (Lipinski definition) is 2. The number of imide groups is 1. The predicted molar refractivity (Wildman–Crippen MR) is 152 cm³/mol. The Balaban J connectivity index is 1.31. The van der Waals surface area contributed by atoms with Crippen molar-refractivity contribution in [1.29, 1.82) is 0 Å². The summed E-state index contributed by atoms with van der Waals surface area (Å²) in [5.41, 5.74) is 3.24. The van der Waals surface area contributed by atoms with Crippen molar-refractivity contribution in [2.24, 2.45) is 0 Å². The van der Waals surface area contributed by atoms with Crippen LogP contribution in [0.15, 0.2) is 131 Å². The number of carbonyl (C=O) groups is 3. The van der Waals surface area contributed by atoms with E-state index in [0.29, 0.717) is 34.8 Å². The molecule has 38 heavy (non-hydrogen) atoms. The lowest BCUT2D eigenvalue weighted by Crippen LogP contribution is -2.32. The van der Waals surface area contributed by atoms with Crippen LogP contribution in [-0.4, -0.2) is 17.7 Å². The van der Waals surface area contributed by atoms with Crippen molar-refractivity contribution in [3.05, 3.63) is 131 Å². The van der Waals surface area contributed by atoms with Crippen LogP contribution in [-0.2, 0) is 20.8 Å². The van der Waals surface area contributed by atoms with Crippen LogP contribution in [0.1, 0.15) is 12.0 Å². The maximum absolute atomic E-state index is 13.5. The van der Waals surface area contributed by atoms with Gasteiger partial charge in [0, 0.05) is 22.7 Å². The van der Waals surface area contributed by atoms with Gasteiger partial charge in [-0.2, -0.15) is 0 Å². The van der Waals surface area contributed by atoms with Crippen LogP contribution in [0.3, 0.4) is 0 Å². The average molecular weight is 520 g/mol. The summed E-state index contributed by atoms with van der Waals surface area (Å²) >= 11 is 1.22. The first-order valence-corrected chi connectivity index (χ1v) is 13.0. The molecule has 6 nitrogen and oxygen atoms in total. The van der Waals surface area contributed by atoms with Gasteiger partial charge in [-0.15, -0.1) is 0 Å². The molecule has 0 spiro atoms. The second-order valence-electron chi connectivity index (χ2n) is 8.64. The fourth-order valence-electron chi connectivity index (χ4n) is 4.04. The predicted octanol–water partition coefficient (Wildman–Crippen LogP) is 6.25. The van der Waals surface area contributed by atoms with Gasteiger partial charge in [-0.3, -0.25) is 14.4 Å². The van der Waals surface area contributed by atoms with Crippen LogP contribution in [0.4, 0.5) is 17.1 Å². The maximum Gasteiger partial charge on any atom is 0.283 e. The van der Waals surface area contributed by atoms with Crippen molar-refractivity contribution in [2.75, 3.05) is 15.5 Å². The second-order valence-corrected chi connectivity index (χ2v) is 9.72. The summed E-state index contributed by atoms with van der Waals surface area (Å²) in [6, 6.07) is 35.3. The normalized spacial score (nSPS) is 13.1. The molecular weight excluding hydrogens is 494 g/mol. The first-order valence-electron chi connectivity index (χ1n) is 12.2. The number of nitrogens with one attached hydrogen (secondary N) is 2. The third-order valence-corrected chi connectivity index (χ3v) is 7.03. The summed E-state index contributed by atoms with van der Waals surface area (Å²) < 4.78 is 0. The molecule has 4 aromatic carbocycles. The summed E-state index contributed by atoms with van der Waals surface area (Å²) in [7, 11) is 0. The summed E-state index contributed by atoms with van der Waals surface area (Å²) in [6.07, 6.45) is 1.05. The van der Waals surface area contributed by atoms with Crippen LogP contribution in [0.5, 0.6) is 0 Å². The first kappa shape index (κ1) is 25.0. The van der Waals surface area contributed by atoms with Crippen LogP contribution < -0.4 is 15.5 Å². The highest BCUT2D eigenvalue weighted by Gasteiger charge is 2.40. The molecule has 0 bridgehead atoms. The van der Waals surface area contributed by atoms with Gasteiger partial charge in [-0.1, -0.05) is 78.5 Å². The number of anilines is 3. The Morgan fingerprint density at radius 2 is 1.29 bits per heavy atom. The molecule has 1 heterocycles. The van der Waals surface area contributed by atoms with Crippen LogP contribution in [0.25, 0.3) is 0 Å². The molecule has 1 aliphatic heterocycles. The second kappa shape index (κ2) is 11.6. The highest BCUT2D eigenvalue weighted by atomic mass is 32.2. The minimum absolute atomic E-state index is 0.0682. The van der Waals surface area contributed by atoms with E-state index in [1.165, 1.54) is 16.7 Å². The van der Waals surface area contributed by atoms with Gasteiger partial charge in [0.1, 0.15) is 10.6 Å².